The molecule has 0 bridgehead atoms. The number of halogens is 1. The van der Waals surface area contributed by atoms with Crippen LogP contribution in [0.1, 0.15) is 11.1 Å². The highest BCUT2D eigenvalue weighted by molar-refractivity contribution is 6.35. The van der Waals surface area contributed by atoms with E-state index >= 15 is 0 Å². The molecule has 0 aliphatic rings. The number of hydrogen-bond acceptors (Lipinski definition) is 5. The molecule has 2 aromatic rings. The van der Waals surface area contributed by atoms with Gasteiger partial charge in [0.15, 0.2) is 5.82 Å². The van der Waals surface area contributed by atoms with Crippen molar-refractivity contribution in [1.82, 2.24) is 9.97 Å². The molecule has 90 valence electrons. The number of nitriles is 1. The van der Waals surface area contributed by atoms with Crippen LogP contribution in [0.3, 0.4) is 0 Å². The van der Waals surface area contributed by atoms with Gasteiger partial charge in [-0.3, -0.25) is 0 Å². The zero-order valence-electron chi connectivity index (χ0n) is 9.61. The molecule has 0 atom stereocenters. The average Bonchev–Trinajstić information content (AvgIpc) is 2.37. The molecule has 0 spiro atoms. The molecule has 0 unspecified atom stereocenters. The summed E-state index contributed by atoms with van der Waals surface area (Å²) in [6, 6.07) is 7.40. The van der Waals surface area contributed by atoms with E-state index in [2.05, 4.69) is 21.4 Å². The minimum absolute atomic E-state index is 0.211. The van der Waals surface area contributed by atoms with E-state index in [1.54, 1.807) is 12.1 Å². The van der Waals surface area contributed by atoms with Crippen LogP contribution in [0.25, 0.3) is 0 Å². The Bertz CT molecular complexity index is 633. The van der Waals surface area contributed by atoms with Gasteiger partial charge < -0.3 is 11.1 Å². The highest BCUT2D eigenvalue weighted by Crippen LogP contribution is 2.28. The van der Waals surface area contributed by atoms with Crippen LogP contribution >= 0.6 is 11.6 Å². The maximum atomic E-state index is 8.87. The number of hydrogen-bond donors (Lipinski definition) is 2. The van der Waals surface area contributed by atoms with E-state index in [0.717, 1.165) is 11.3 Å². The predicted molar refractivity (Wildman–Crippen MR) is 70.6 cm³/mol. The number of rotatable bonds is 2. The van der Waals surface area contributed by atoms with E-state index in [9.17, 15) is 0 Å². The summed E-state index contributed by atoms with van der Waals surface area (Å²) in [6.07, 6.45) is 1.33. The summed E-state index contributed by atoms with van der Waals surface area (Å²) >= 11 is 5.99. The lowest BCUT2D eigenvalue weighted by atomic mass is 10.1. The van der Waals surface area contributed by atoms with Crippen LogP contribution in [0.4, 0.5) is 17.3 Å². The summed E-state index contributed by atoms with van der Waals surface area (Å²) in [6.45, 7) is 1.92. The van der Waals surface area contributed by atoms with Gasteiger partial charge in [0, 0.05) is 5.69 Å². The molecule has 0 fully saturated rings. The first kappa shape index (κ1) is 12.1. The average molecular weight is 260 g/mol. The summed E-state index contributed by atoms with van der Waals surface area (Å²) in [5.41, 5.74) is 7.88. The first-order chi connectivity index (χ1) is 8.61. The second-order valence-electron chi connectivity index (χ2n) is 3.69. The van der Waals surface area contributed by atoms with E-state index in [1.165, 1.54) is 6.33 Å². The fraction of sp³-hybridized carbons (Fsp3) is 0.0833. The summed E-state index contributed by atoms with van der Waals surface area (Å²) in [7, 11) is 0. The Morgan fingerprint density at radius 2 is 2.17 bits per heavy atom. The van der Waals surface area contributed by atoms with Crippen LogP contribution in [-0.2, 0) is 0 Å². The zero-order chi connectivity index (χ0) is 13.1. The van der Waals surface area contributed by atoms with Crippen LogP contribution in [0.5, 0.6) is 0 Å². The van der Waals surface area contributed by atoms with Gasteiger partial charge in [0.1, 0.15) is 17.2 Å². The van der Waals surface area contributed by atoms with Crippen LogP contribution < -0.4 is 11.1 Å². The summed E-state index contributed by atoms with van der Waals surface area (Å²) in [5, 5.41) is 12.2. The number of aryl methyl sites for hydroxylation is 1. The van der Waals surface area contributed by atoms with E-state index in [-0.39, 0.29) is 10.8 Å². The van der Waals surface area contributed by atoms with Crippen molar-refractivity contribution >= 4 is 28.9 Å². The van der Waals surface area contributed by atoms with E-state index in [4.69, 9.17) is 22.6 Å². The number of benzene rings is 1. The van der Waals surface area contributed by atoms with Crippen molar-refractivity contribution in [1.29, 1.82) is 5.26 Å². The molecule has 5 nitrogen and oxygen atoms in total. The largest absolute Gasteiger partial charge is 0.382 e. The topological polar surface area (TPSA) is 87.6 Å². The van der Waals surface area contributed by atoms with Crippen molar-refractivity contribution in [2.24, 2.45) is 0 Å². The zero-order valence-corrected chi connectivity index (χ0v) is 10.4. The molecule has 0 radical (unpaired) electrons. The molecular weight excluding hydrogens is 250 g/mol. The Morgan fingerprint density at radius 3 is 2.89 bits per heavy atom. The molecule has 0 amide bonds. The minimum Gasteiger partial charge on any atom is -0.382 e. The number of nitrogens with two attached hydrogens (primary N) is 1. The van der Waals surface area contributed by atoms with E-state index in [0.29, 0.717) is 11.4 Å². The lowest BCUT2D eigenvalue weighted by Gasteiger charge is -2.10. The summed E-state index contributed by atoms with van der Waals surface area (Å²) in [4.78, 5) is 7.79. The van der Waals surface area contributed by atoms with Crippen LogP contribution in [0.15, 0.2) is 24.5 Å². The molecule has 3 N–H and O–H groups in total. The molecule has 0 saturated carbocycles. The molecule has 0 aliphatic heterocycles. The molecule has 1 aromatic carbocycles. The Kier molecular flexibility index (Phi) is 3.31. The fourth-order valence-electron chi connectivity index (χ4n) is 1.42. The van der Waals surface area contributed by atoms with E-state index < -0.39 is 0 Å². The Morgan fingerprint density at radius 1 is 1.39 bits per heavy atom. The molecule has 6 heteroatoms. The van der Waals surface area contributed by atoms with Gasteiger partial charge in [-0.15, -0.1) is 0 Å². The quantitative estimate of drug-likeness (QED) is 0.866. The number of anilines is 3. The predicted octanol–water partition coefficient (Wildman–Crippen LogP) is 2.64. The monoisotopic (exact) mass is 259 g/mol. The van der Waals surface area contributed by atoms with Crippen LogP contribution in [0.2, 0.25) is 5.02 Å². The molecule has 1 aromatic heterocycles. The van der Waals surface area contributed by atoms with Crippen molar-refractivity contribution in [2.45, 2.75) is 6.92 Å². The maximum absolute atomic E-state index is 8.87. The molecule has 1 heterocycles. The number of nitrogens with zero attached hydrogens (tertiary/aromatic N) is 3. The lowest BCUT2D eigenvalue weighted by Crippen LogP contribution is -2.01. The first-order valence-corrected chi connectivity index (χ1v) is 5.53. The van der Waals surface area contributed by atoms with Gasteiger partial charge in [0.2, 0.25) is 0 Å². The number of nitrogens with one attached hydrogen (secondary N) is 1. The summed E-state index contributed by atoms with van der Waals surface area (Å²) in [5.74, 6) is 0.630. The molecular formula is C12H10ClN5. The first-order valence-electron chi connectivity index (χ1n) is 5.15. The van der Waals surface area contributed by atoms with Gasteiger partial charge in [-0.25, -0.2) is 9.97 Å². The van der Waals surface area contributed by atoms with Crippen LogP contribution in [-0.4, -0.2) is 9.97 Å². The SMILES string of the molecule is Cc1ccc(C#N)cc1Nc1ncnc(N)c1Cl. The third kappa shape index (κ3) is 2.34. The molecule has 2 rings (SSSR count). The van der Waals surface area contributed by atoms with Gasteiger partial charge in [0.05, 0.1) is 11.6 Å². The van der Waals surface area contributed by atoms with Crippen molar-refractivity contribution in [3.63, 3.8) is 0 Å². The second kappa shape index (κ2) is 4.90. The van der Waals surface area contributed by atoms with Crippen molar-refractivity contribution in [3.8, 4) is 6.07 Å². The van der Waals surface area contributed by atoms with Crippen molar-refractivity contribution in [3.05, 3.63) is 40.7 Å². The smallest absolute Gasteiger partial charge is 0.154 e. The van der Waals surface area contributed by atoms with Gasteiger partial charge in [-0.1, -0.05) is 17.7 Å². The summed E-state index contributed by atoms with van der Waals surface area (Å²) < 4.78 is 0. The Hall–Kier alpha value is -2.32. The molecule has 18 heavy (non-hydrogen) atoms. The molecule has 0 aliphatic carbocycles. The number of aromatic nitrogens is 2. The Balaban J connectivity index is 2.40. The minimum atomic E-state index is 0.211. The number of nitrogen functional groups attached to an aromatic ring is 1. The fourth-order valence-corrected chi connectivity index (χ4v) is 1.57. The lowest BCUT2D eigenvalue weighted by molar-refractivity contribution is 1.17. The van der Waals surface area contributed by atoms with Crippen LogP contribution in [0, 0.1) is 18.3 Å². The normalized spacial score (nSPS) is 9.83. The van der Waals surface area contributed by atoms with Gasteiger partial charge >= 0.3 is 0 Å². The highest BCUT2D eigenvalue weighted by Gasteiger charge is 2.08. The van der Waals surface area contributed by atoms with Gasteiger partial charge in [0.25, 0.3) is 0 Å². The Labute approximate surface area is 109 Å². The molecule has 0 saturated heterocycles. The highest BCUT2D eigenvalue weighted by atomic mass is 35.5. The second-order valence-corrected chi connectivity index (χ2v) is 4.07. The third-order valence-corrected chi connectivity index (χ3v) is 2.81. The third-order valence-electron chi connectivity index (χ3n) is 2.44. The van der Waals surface area contributed by atoms with Gasteiger partial charge in [-0.2, -0.15) is 5.26 Å². The maximum Gasteiger partial charge on any atom is 0.154 e. The van der Waals surface area contributed by atoms with E-state index in [1.807, 2.05) is 13.0 Å². The standard InChI is InChI=1S/C12H10ClN5/c1-7-2-3-8(5-14)4-9(7)18-12-10(13)11(15)16-6-17-12/h2-4,6H,1H3,(H3,15,16,17,18). The van der Waals surface area contributed by atoms with Gasteiger partial charge in [-0.05, 0) is 24.6 Å². The van der Waals surface area contributed by atoms with Crippen molar-refractivity contribution in [2.75, 3.05) is 11.1 Å². The van der Waals surface area contributed by atoms with Crippen molar-refractivity contribution < 1.29 is 0 Å².